The monoisotopic (exact) mass is 423 g/mol. The third kappa shape index (κ3) is 5.63. The first-order chi connectivity index (χ1) is 14.8. The number of hydrogen-bond donors (Lipinski definition) is 0. The molecule has 0 N–H and O–H groups in total. The molecule has 166 valence electrons. The van der Waals surface area contributed by atoms with Crippen molar-refractivity contribution in [1.82, 2.24) is 9.88 Å². The quantitative estimate of drug-likeness (QED) is 0.607. The Kier molecular flexibility index (Phi) is 7.31. The second-order valence-electron chi connectivity index (χ2n) is 8.92. The van der Waals surface area contributed by atoms with Crippen molar-refractivity contribution in [3.05, 3.63) is 59.8 Å². The standard InChI is InChI=1S/C25H33N3O3/c1-5-6-17-28(24(30)31-25(2,3)4)22-20(14-10-16-26-22)21-15-11-18-27(21)23(29)19-12-8-7-9-13-19/h7-10,12-14,16,21H,5-6,11,15,17-18H2,1-4H3/t21-/m0/s1. The number of aromatic nitrogens is 1. The Hall–Kier alpha value is -2.89. The van der Waals surface area contributed by atoms with Crippen molar-refractivity contribution < 1.29 is 14.3 Å². The fraction of sp³-hybridized carbons (Fsp3) is 0.480. The topological polar surface area (TPSA) is 62.7 Å². The molecule has 1 fully saturated rings. The molecule has 1 aromatic carbocycles. The molecule has 1 aliphatic heterocycles. The van der Waals surface area contributed by atoms with E-state index in [0.717, 1.165) is 31.2 Å². The number of unbranched alkanes of at least 4 members (excludes halogenated alkanes) is 1. The molecule has 2 amide bonds. The molecule has 0 saturated carbocycles. The van der Waals surface area contributed by atoms with Gasteiger partial charge in [-0.25, -0.2) is 9.78 Å². The van der Waals surface area contributed by atoms with Crippen LogP contribution in [0.15, 0.2) is 48.7 Å². The molecule has 3 rings (SSSR count). The SMILES string of the molecule is CCCCN(C(=O)OC(C)(C)C)c1ncccc1[C@@H]1CCCN1C(=O)c1ccccc1. The number of ether oxygens (including phenoxy) is 1. The van der Waals surface area contributed by atoms with E-state index in [0.29, 0.717) is 24.5 Å². The van der Waals surface area contributed by atoms with Gasteiger partial charge in [0.05, 0.1) is 6.04 Å². The molecule has 6 nitrogen and oxygen atoms in total. The summed E-state index contributed by atoms with van der Waals surface area (Å²) < 4.78 is 5.68. The molecule has 0 aliphatic carbocycles. The third-order valence-corrected chi connectivity index (χ3v) is 5.32. The molecule has 1 aliphatic rings. The Balaban J connectivity index is 1.94. The summed E-state index contributed by atoms with van der Waals surface area (Å²) in [5.41, 5.74) is 0.972. The maximum atomic E-state index is 13.2. The zero-order chi connectivity index (χ0) is 22.4. The zero-order valence-corrected chi connectivity index (χ0v) is 19.0. The normalized spacial score (nSPS) is 16.3. The van der Waals surface area contributed by atoms with Gasteiger partial charge in [-0.05, 0) is 58.2 Å². The van der Waals surface area contributed by atoms with Crippen LogP contribution in [-0.2, 0) is 4.74 Å². The van der Waals surface area contributed by atoms with Gasteiger partial charge >= 0.3 is 6.09 Å². The van der Waals surface area contributed by atoms with Gasteiger partial charge in [0, 0.05) is 30.4 Å². The molecule has 0 unspecified atom stereocenters. The van der Waals surface area contributed by atoms with Crippen LogP contribution >= 0.6 is 0 Å². The van der Waals surface area contributed by atoms with Gasteiger partial charge < -0.3 is 9.64 Å². The number of amides is 2. The van der Waals surface area contributed by atoms with Crippen molar-refractivity contribution in [2.75, 3.05) is 18.0 Å². The van der Waals surface area contributed by atoms with E-state index >= 15 is 0 Å². The lowest BCUT2D eigenvalue weighted by Crippen LogP contribution is -2.39. The summed E-state index contributed by atoms with van der Waals surface area (Å²) in [7, 11) is 0. The summed E-state index contributed by atoms with van der Waals surface area (Å²) in [5.74, 6) is 0.596. The molecule has 2 aromatic rings. The molecule has 0 radical (unpaired) electrons. The average Bonchev–Trinajstić information content (AvgIpc) is 3.23. The predicted molar refractivity (Wildman–Crippen MR) is 122 cm³/mol. The van der Waals surface area contributed by atoms with Crippen molar-refractivity contribution in [3.63, 3.8) is 0 Å². The van der Waals surface area contributed by atoms with Gasteiger partial charge in [-0.15, -0.1) is 0 Å². The van der Waals surface area contributed by atoms with Crippen LogP contribution in [0.5, 0.6) is 0 Å². The van der Waals surface area contributed by atoms with Crippen LogP contribution in [0.25, 0.3) is 0 Å². The largest absolute Gasteiger partial charge is 0.443 e. The molecular formula is C25H33N3O3. The maximum absolute atomic E-state index is 13.2. The molecule has 1 saturated heterocycles. The Bertz CT molecular complexity index is 892. The smallest absolute Gasteiger partial charge is 0.416 e. The number of pyridine rings is 1. The van der Waals surface area contributed by atoms with E-state index in [9.17, 15) is 9.59 Å². The second kappa shape index (κ2) is 9.94. The van der Waals surface area contributed by atoms with Gasteiger partial charge in [-0.3, -0.25) is 9.69 Å². The van der Waals surface area contributed by atoms with Crippen LogP contribution in [0, 0.1) is 0 Å². The molecule has 0 bridgehead atoms. The molecule has 2 heterocycles. The Morgan fingerprint density at radius 3 is 2.58 bits per heavy atom. The fourth-order valence-corrected chi connectivity index (χ4v) is 3.89. The predicted octanol–water partition coefficient (Wildman–Crippen LogP) is 5.60. The van der Waals surface area contributed by atoms with E-state index < -0.39 is 11.7 Å². The van der Waals surface area contributed by atoms with Crippen molar-refractivity contribution in [1.29, 1.82) is 0 Å². The van der Waals surface area contributed by atoms with Gasteiger partial charge in [0.25, 0.3) is 5.91 Å². The third-order valence-electron chi connectivity index (χ3n) is 5.32. The van der Waals surface area contributed by atoms with E-state index in [4.69, 9.17) is 4.74 Å². The van der Waals surface area contributed by atoms with Gasteiger partial charge in [-0.1, -0.05) is 37.6 Å². The number of anilines is 1. The number of carbonyl (C=O) groups excluding carboxylic acids is 2. The molecule has 0 spiro atoms. The van der Waals surface area contributed by atoms with E-state index in [2.05, 4.69) is 11.9 Å². The summed E-state index contributed by atoms with van der Waals surface area (Å²) in [5, 5.41) is 0. The highest BCUT2D eigenvalue weighted by Crippen LogP contribution is 2.37. The molecule has 1 atom stereocenters. The van der Waals surface area contributed by atoms with E-state index in [1.807, 2.05) is 68.1 Å². The van der Waals surface area contributed by atoms with E-state index in [-0.39, 0.29) is 11.9 Å². The highest BCUT2D eigenvalue weighted by atomic mass is 16.6. The first-order valence-electron chi connectivity index (χ1n) is 11.1. The Labute approximate surface area is 185 Å². The van der Waals surface area contributed by atoms with Gasteiger partial charge in [0.15, 0.2) is 0 Å². The van der Waals surface area contributed by atoms with Gasteiger partial charge in [0.2, 0.25) is 0 Å². The highest BCUT2D eigenvalue weighted by molar-refractivity contribution is 5.95. The van der Waals surface area contributed by atoms with Crippen LogP contribution in [0.2, 0.25) is 0 Å². The number of benzene rings is 1. The summed E-state index contributed by atoms with van der Waals surface area (Å²) in [6.07, 6.45) is 4.84. The van der Waals surface area contributed by atoms with Crippen LogP contribution in [0.4, 0.5) is 10.6 Å². The van der Waals surface area contributed by atoms with Gasteiger partial charge in [0.1, 0.15) is 11.4 Å². The maximum Gasteiger partial charge on any atom is 0.416 e. The highest BCUT2D eigenvalue weighted by Gasteiger charge is 2.35. The van der Waals surface area contributed by atoms with Crippen molar-refractivity contribution in [3.8, 4) is 0 Å². The van der Waals surface area contributed by atoms with E-state index in [1.54, 1.807) is 11.1 Å². The lowest BCUT2D eigenvalue weighted by atomic mass is 10.0. The number of likely N-dealkylation sites (tertiary alicyclic amines) is 1. The van der Waals surface area contributed by atoms with Crippen LogP contribution < -0.4 is 4.90 Å². The number of nitrogens with zero attached hydrogens (tertiary/aromatic N) is 3. The minimum absolute atomic E-state index is 0.00952. The molecule has 1 aromatic heterocycles. The molecular weight excluding hydrogens is 390 g/mol. The molecule has 31 heavy (non-hydrogen) atoms. The lowest BCUT2D eigenvalue weighted by Gasteiger charge is -2.31. The van der Waals surface area contributed by atoms with Crippen molar-refractivity contribution in [2.24, 2.45) is 0 Å². The number of rotatable bonds is 6. The van der Waals surface area contributed by atoms with Crippen LogP contribution in [-0.4, -0.2) is 40.6 Å². The van der Waals surface area contributed by atoms with Crippen molar-refractivity contribution in [2.45, 2.75) is 65.0 Å². The Morgan fingerprint density at radius 1 is 1.16 bits per heavy atom. The van der Waals surface area contributed by atoms with Crippen molar-refractivity contribution >= 4 is 17.8 Å². The van der Waals surface area contributed by atoms with Crippen LogP contribution in [0.1, 0.15) is 75.3 Å². The number of hydrogen-bond acceptors (Lipinski definition) is 4. The summed E-state index contributed by atoms with van der Waals surface area (Å²) in [6, 6.07) is 13.1. The summed E-state index contributed by atoms with van der Waals surface area (Å²) in [4.78, 5) is 34.4. The first kappa shape index (κ1) is 22.8. The molecule has 6 heteroatoms. The Morgan fingerprint density at radius 2 is 1.90 bits per heavy atom. The van der Waals surface area contributed by atoms with E-state index in [1.165, 1.54) is 0 Å². The fourth-order valence-electron chi connectivity index (χ4n) is 3.89. The first-order valence-corrected chi connectivity index (χ1v) is 11.1. The average molecular weight is 424 g/mol. The minimum atomic E-state index is -0.598. The minimum Gasteiger partial charge on any atom is -0.443 e. The summed E-state index contributed by atoms with van der Waals surface area (Å²) >= 11 is 0. The second-order valence-corrected chi connectivity index (χ2v) is 8.92. The number of carbonyl (C=O) groups is 2. The lowest BCUT2D eigenvalue weighted by molar-refractivity contribution is 0.0578. The van der Waals surface area contributed by atoms with Crippen LogP contribution in [0.3, 0.4) is 0 Å². The van der Waals surface area contributed by atoms with Gasteiger partial charge in [-0.2, -0.15) is 0 Å². The zero-order valence-electron chi connectivity index (χ0n) is 19.0. The summed E-state index contributed by atoms with van der Waals surface area (Å²) in [6.45, 7) is 8.88.